The van der Waals surface area contributed by atoms with E-state index in [1.807, 2.05) is 67.6 Å². The van der Waals surface area contributed by atoms with Gasteiger partial charge in [0, 0.05) is 10.2 Å². The number of nitrogens with zero attached hydrogens (tertiary/aromatic N) is 2. The van der Waals surface area contributed by atoms with E-state index in [9.17, 15) is 9.59 Å². The number of hydrogen-bond acceptors (Lipinski definition) is 4. The third-order valence-electron chi connectivity index (χ3n) is 5.84. The molecule has 0 saturated heterocycles. The number of benzene rings is 4. The number of carbonyl (C=O) groups is 1. The average Bonchev–Trinajstić information content (AvgIpc) is 2.89. The molecule has 5 aromatic rings. The fourth-order valence-corrected chi connectivity index (χ4v) is 4.47. The van der Waals surface area contributed by atoms with Gasteiger partial charge in [-0.05, 0) is 60.5 Å². The molecule has 178 valence electrons. The smallest absolute Gasteiger partial charge is 0.410 e. The number of halogens is 1. The van der Waals surface area contributed by atoms with E-state index in [4.69, 9.17) is 9.72 Å². The van der Waals surface area contributed by atoms with Crippen molar-refractivity contribution in [3.8, 4) is 5.75 Å². The largest absolute Gasteiger partial charge is 0.417 e. The molecule has 1 N–H and O–H groups in total. The van der Waals surface area contributed by atoms with Crippen molar-refractivity contribution in [2.24, 2.45) is 0 Å². The molecule has 6 nitrogen and oxygen atoms in total. The molecule has 1 amide bonds. The first kappa shape index (κ1) is 23.5. The zero-order valence-corrected chi connectivity index (χ0v) is 21.0. The zero-order chi connectivity index (χ0) is 25.1. The zero-order valence-electron chi connectivity index (χ0n) is 19.4. The van der Waals surface area contributed by atoms with Gasteiger partial charge in [-0.2, -0.15) is 0 Å². The summed E-state index contributed by atoms with van der Waals surface area (Å²) in [6.07, 6.45) is -0.650. The van der Waals surface area contributed by atoms with Crippen molar-refractivity contribution in [2.45, 2.75) is 13.0 Å². The molecule has 0 bridgehead atoms. The van der Waals surface area contributed by atoms with E-state index in [0.717, 1.165) is 15.6 Å². The van der Waals surface area contributed by atoms with Crippen LogP contribution in [-0.2, 0) is 0 Å². The molecule has 0 aliphatic carbocycles. The van der Waals surface area contributed by atoms with E-state index in [0.29, 0.717) is 28.2 Å². The molecule has 0 radical (unpaired) electrons. The van der Waals surface area contributed by atoms with E-state index in [-0.39, 0.29) is 11.6 Å². The molecule has 0 fully saturated rings. The summed E-state index contributed by atoms with van der Waals surface area (Å²) in [6.45, 7) is 1.83. The van der Waals surface area contributed by atoms with E-state index in [1.165, 1.54) is 0 Å². The highest BCUT2D eigenvalue weighted by molar-refractivity contribution is 9.10. The van der Waals surface area contributed by atoms with Gasteiger partial charge in [0.05, 0.1) is 16.9 Å². The van der Waals surface area contributed by atoms with Crippen molar-refractivity contribution in [2.75, 3.05) is 5.32 Å². The normalized spacial score (nSPS) is 11.0. The minimum atomic E-state index is -0.650. The van der Waals surface area contributed by atoms with Gasteiger partial charge in [0.15, 0.2) is 0 Å². The minimum absolute atomic E-state index is 0.194. The van der Waals surface area contributed by atoms with Crippen LogP contribution in [0, 0.1) is 6.92 Å². The number of amides is 1. The summed E-state index contributed by atoms with van der Waals surface area (Å²) in [5.74, 6) is 1.00. The summed E-state index contributed by atoms with van der Waals surface area (Å²) >= 11 is 3.35. The third kappa shape index (κ3) is 4.92. The first-order chi connectivity index (χ1) is 17.5. The lowest BCUT2D eigenvalue weighted by molar-refractivity contribution is 0.215. The number of nitrogens with one attached hydrogen (secondary N) is 1. The van der Waals surface area contributed by atoms with Crippen molar-refractivity contribution in [3.63, 3.8) is 0 Å². The predicted octanol–water partition coefficient (Wildman–Crippen LogP) is 6.72. The van der Waals surface area contributed by atoms with Crippen LogP contribution in [0.1, 0.15) is 23.0 Å². The minimum Gasteiger partial charge on any atom is -0.410 e. The summed E-state index contributed by atoms with van der Waals surface area (Å²) in [5, 5.41) is 3.10. The highest BCUT2D eigenvalue weighted by atomic mass is 79.9. The lowest BCUT2D eigenvalue weighted by Crippen LogP contribution is -2.29. The van der Waals surface area contributed by atoms with Gasteiger partial charge in [-0.25, -0.2) is 9.78 Å². The second kappa shape index (κ2) is 10.2. The summed E-state index contributed by atoms with van der Waals surface area (Å²) in [7, 11) is 0. The van der Waals surface area contributed by atoms with E-state index in [2.05, 4.69) is 21.2 Å². The van der Waals surface area contributed by atoms with Crippen LogP contribution in [0.4, 0.5) is 10.5 Å². The highest BCUT2D eigenvalue weighted by Gasteiger charge is 2.21. The summed E-state index contributed by atoms with van der Waals surface area (Å²) in [6, 6.07) is 31.4. The standard InChI is InChI=1S/C29H22BrN3O3/c1-19-31-26-17-14-23(32-29(35)36-24-15-12-22(30)13-16-24)18-25(26)28(34)33(19)27(20-8-4-2-5-9-20)21-10-6-3-7-11-21/h2-18,27H,1H3,(H,32,35). The Morgan fingerprint density at radius 1 is 0.889 bits per heavy atom. The van der Waals surface area contributed by atoms with Crippen molar-refractivity contribution < 1.29 is 9.53 Å². The average molecular weight is 540 g/mol. The first-order valence-corrected chi connectivity index (χ1v) is 12.2. The number of aromatic nitrogens is 2. The maximum absolute atomic E-state index is 13.9. The maximum Gasteiger partial charge on any atom is 0.417 e. The molecule has 1 heterocycles. The SMILES string of the molecule is Cc1nc2ccc(NC(=O)Oc3ccc(Br)cc3)cc2c(=O)n1C(c1ccccc1)c1ccccc1. The van der Waals surface area contributed by atoms with Crippen LogP contribution in [0.3, 0.4) is 0 Å². The molecule has 0 unspecified atom stereocenters. The van der Waals surface area contributed by atoms with Crippen LogP contribution < -0.4 is 15.6 Å². The molecule has 0 aliphatic rings. The highest BCUT2D eigenvalue weighted by Crippen LogP contribution is 2.27. The van der Waals surface area contributed by atoms with Gasteiger partial charge in [-0.1, -0.05) is 76.6 Å². The van der Waals surface area contributed by atoms with Crippen LogP contribution in [0.2, 0.25) is 0 Å². The molecular weight excluding hydrogens is 518 g/mol. The van der Waals surface area contributed by atoms with Crippen molar-refractivity contribution >= 4 is 38.6 Å². The Kier molecular flexibility index (Phi) is 6.64. The van der Waals surface area contributed by atoms with Gasteiger partial charge in [-0.3, -0.25) is 14.7 Å². The molecule has 4 aromatic carbocycles. The van der Waals surface area contributed by atoms with Crippen molar-refractivity contribution in [1.82, 2.24) is 9.55 Å². The lowest BCUT2D eigenvalue weighted by Gasteiger charge is -2.23. The molecule has 0 spiro atoms. The fraction of sp³-hybridized carbons (Fsp3) is 0.0690. The number of fused-ring (bicyclic) bond motifs is 1. The predicted molar refractivity (Wildman–Crippen MR) is 145 cm³/mol. The van der Waals surface area contributed by atoms with E-state index < -0.39 is 6.09 Å². The maximum atomic E-state index is 13.9. The van der Waals surface area contributed by atoms with Crippen molar-refractivity contribution in [1.29, 1.82) is 0 Å². The topological polar surface area (TPSA) is 73.2 Å². The van der Waals surface area contributed by atoms with Gasteiger partial charge in [0.1, 0.15) is 11.6 Å². The van der Waals surface area contributed by atoms with Crippen LogP contribution in [-0.4, -0.2) is 15.6 Å². The molecule has 1 aromatic heterocycles. The van der Waals surface area contributed by atoms with Gasteiger partial charge < -0.3 is 4.74 Å². The van der Waals surface area contributed by atoms with Crippen LogP contribution in [0.15, 0.2) is 112 Å². The van der Waals surface area contributed by atoms with Crippen LogP contribution in [0.5, 0.6) is 5.75 Å². The molecule has 0 saturated carbocycles. The third-order valence-corrected chi connectivity index (χ3v) is 6.36. The Morgan fingerprint density at radius 2 is 1.50 bits per heavy atom. The van der Waals surface area contributed by atoms with Gasteiger partial charge in [0.25, 0.3) is 5.56 Å². The van der Waals surface area contributed by atoms with Crippen molar-refractivity contribution in [3.05, 3.63) is 135 Å². The molecule has 0 aliphatic heterocycles. The number of carbonyl (C=O) groups excluding carboxylic acids is 1. The summed E-state index contributed by atoms with van der Waals surface area (Å²) < 4.78 is 7.93. The van der Waals surface area contributed by atoms with E-state index >= 15 is 0 Å². The van der Waals surface area contributed by atoms with Crippen LogP contribution in [0.25, 0.3) is 10.9 Å². The second-order valence-corrected chi connectivity index (χ2v) is 9.17. The Bertz CT molecular complexity index is 1540. The molecule has 36 heavy (non-hydrogen) atoms. The first-order valence-electron chi connectivity index (χ1n) is 11.4. The Hall–Kier alpha value is -4.23. The Morgan fingerprint density at radius 3 is 2.11 bits per heavy atom. The van der Waals surface area contributed by atoms with Gasteiger partial charge in [0.2, 0.25) is 0 Å². The lowest BCUT2D eigenvalue weighted by atomic mass is 9.98. The fourth-order valence-electron chi connectivity index (χ4n) is 4.21. The monoisotopic (exact) mass is 539 g/mol. The quantitative estimate of drug-likeness (QED) is 0.269. The number of ether oxygens (including phenoxy) is 1. The summed E-state index contributed by atoms with van der Waals surface area (Å²) in [5.41, 5.74) is 2.75. The van der Waals surface area contributed by atoms with Gasteiger partial charge in [-0.15, -0.1) is 0 Å². The van der Waals surface area contributed by atoms with Crippen LogP contribution >= 0.6 is 15.9 Å². The summed E-state index contributed by atoms with van der Waals surface area (Å²) in [4.78, 5) is 31.0. The second-order valence-electron chi connectivity index (χ2n) is 8.26. The molecule has 0 atom stereocenters. The number of rotatable bonds is 5. The number of anilines is 1. The number of aryl methyl sites for hydroxylation is 1. The molecule has 5 rings (SSSR count). The Balaban J connectivity index is 1.54. The van der Waals surface area contributed by atoms with Gasteiger partial charge >= 0.3 is 6.09 Å². The molecule has 7 heteroatoms. The molecular formula is C29H22BrN3O3. The Labute approximate surface area is 216 Å². The van der Waals surface area contributed by atoms with E-state index in [1.54, 1.807) is 47.0 Å². The number of hydrogen-bond donors (Lipinski definition) is 1.